The summed E-state index contributed by atoms with van der Waals surface area (Å²) in [5, 5.41) is 20.7. The number of benzene rings is 1. The highest BCUT2D eigenvalue weighted by molar-refractivity contribution is 5.63. The lowest BCUT2D eigenvalue weighted by molar-refractivity contribution is -0.0226. The molecule has 0 spiro atoms. The standard InChI is InChI=1S/C22H24O2/c1-4-14-15(5-2)21-13(12-19(14)23)6-7-16-17(21)10-11-22(3)18(16)8-9-20(22)24/h1-2,12,16-18,20,23-24H,6-11H2,3H3/t16-,17+,18+,20+,22+/m1/s1. The molecule has 3 aliphatic carbocycles. The normalized spacial score (nSPS) is 36.8. The zero-order valence-electron chi connectivity index (χ0n) is 14.2. The summed E-state index contributed by atoms with van der Waals surface area (Å²) in [4.78, 5) is 0. The fourth-order valence-electron chi connectivity index (χ4n) is 6.01. The van der Waals surface area contributed by atoms with Gasteiger partial charge in [-0.3, -0.25) is 0 Å². The molecule has 4 rings (SSSR count). The third-order valence-corrected chi connectivity index (χ3v) is 7.23. The maximum absolute atomic E-state index is 10.5. The van der Waals surface area contributed by atoms with E-state index >= 15 is 0 Å². The van der Waals surface area contributed by atoms with Crippen LogP contribution in [0.4, 0.5) is 0 Å². The third kappa shape index (κ3) is 1.90. The van der Waals surface area contributed by atoms with E-state index in [0.29, 0.717) is 23.3 Å². The van der Waals surface area contributed by atoms with Crippen LogP contribution in [-0.4, -0.2) is 16.3 Å². The van der Waals surface area contributed by atoms with E-state index in [9.17, 15) is 10.2 Å². The summed E-state index contributed by atoms with van der Waals surface area (Å²) in [5.41, 5.74) is 3.63. The van der Waals surface area contributed by atoms with E-state index in [0.717, 1.165) is 44.1 Å². The van der Waals surface area contributed by atoms with Crippen molar-refractivity contribution in [2.75, 3.05) is 0 Å². The van der Waals surface area contributed by atoms with Crippen LogP contribution in [-0.2, 0) is 6.42 Å². The Morgan fingerprint density at radius 1 is 1.12 bits per heavy atom. The molecule has 0 radical (unpaired) electrons. The van der Waals surface area contributed by atoms with E-state index in [4.69, 9.17) is 12.8 Å². The molecule has 5 atom stereocenters. The van der Waals surface area contributed by atoms with Crippen molar-refractivity contribution in [3.63, 3.8) is 0 Å². The van der Waals surface area contributed by atoms with E-state index in [1.54, 1.807) is 0 Å². The number of aromatic hydroxyl groups is 1. The molecular weight excluding hydrogens is 296 g/mol. The van der Waals surface area contributed by atoms with Gasteiger partial charge >= 0.3 is 0 Å². The highest BCUT2D eigenvalue weighted by Crippen LogP contribution is 2.61. The second-order valence-electron chi connectivity index (χ2n) is 8.06. The fraction of sp³-hybridized carbons (Fsp3) is 0.545. The number of hydrogen-bond acceptors (Lipinski definition) is 2. The van der Waals surface area contributed by atoms with Gasteiger partial charge in [0.15, 0.2) is 0 Å². The second kappa shape index (κ2) is 5.30. The minimum atomic E-state index is -0.168. The van der Waals surface area contributed by atoms with Gasteiger partial charge in [0.05, 0.1) is 11.7 Å². The van der Waals surface area contributed by atoms with Crippen LogP contribution in [0.25, 0.3) is 0 Å². The highest BCUT2D eigenvalue weighted by Gasteiger charge is 2.54. The van der Waals surface area contributed by atoms with Crippen molar-refractivity contribution in [3.05, 3.63) is 28.3 Å². The van der Waals surface area contributed by atoms with Gasteiger partial charge in [0.2, 0.25) is 0 Å². The third-order valence-electron chi connectivity index (χ3n) is 7.23. The Kier molecular flexibility index (Phi) is 3.45. The van der Waals surface area contributed by atoms with Gasteiger partial charge in [-0.25, -0.2) is 0 Å². The number of phenolic OH excluding ortho intramolecular Hbond substituents is 1. The lowest BCUT2D eigenvalue weighted by Gasteiger charge is -2.50. The number of rotatable bonds is 0. The van der Waals surface area contributed by atoms with Crippen LogP contribution in [0.1, 0.15) is 67.2 Å². The molecule has 0 aromatic heterocycles. The van der Waals surface area contributed by atoms with Crippen molar-refractivity contribution >= 4 is 0 Å². The van der Waals surface area contributed by atoms with Gasteiger partial charge in [-0.1, -0.05) is 18.8 Å². The van der Waals surface area contributed by atoms with Crippen molar-refractivity contribution in [3.8, 4) is 30.4 Å². The van der Waals surface area contributed by atoms with Crippen molar-refractivity contribution in [2.24, 2.45) is 17.3 Å². The van der Waals surface area contributed by atoms with Gasteiger partial charge in [-0.05, 0) is 78.9 Å². The molecule has 2 N–H and O–H groups in total. The summed E-state index contributed by atoms with van der Waals surface area (Å²) in [6, 6.07) is 1.83. The Morgan fingerprint density at radius 2 is 1.88 bits per heavy atom. The predicted octanol–water partition coefficient (Wildman–Crippen LogP) is 3.57. The first kappa shape index (κ1) is 15.6. The van der Waals surface area contributed by atoms with E-state index in [-0.39, 0.29) is 17.3 Å². The van der Waals surface area contributed by atoms with Crippen LogP contribution in [0.5, 0.6) is 5.75 Å². The van der Waals surface area contributed by atoms with Crippen molar-refractivity contribution in [1.29, 1.82) is 0 Å². The summed E-state index contributed by atoms with van der Waals surface area (Å²) >= 11 is 0. The molecule has 0 bridgehead atoms. The minimum Gasteiger partial charge on any atom is -0.507 e. The van der Waals surface area contributed by atoms with Crippen LogP contribution in [0.3, 0.4) is 0 Å². The summed E-state index contributed by atoms with van der Waals surface area (Å²) in [6.45, 7) is 2.27. The zero-order valence-corrected chi connectivity index (χ0v) is 14.2. The Balaban J connectivity index is 1.84. The van der Waals surface area contributed by atoms with Crippen LogP contribution in [0, 0.1) is 41.9 Å². The number of hydrogen-bond donors (Lipinski definition) is 2. The first-order chi connectivity index (χ1) is 11.5. The Labute approximate surface area is 144 Å². The van der Waals surface area contributed by atoms with Crippen molar-refractivity contribution < 1.29 is 10.2 Å². The smallest absolute Gasteiger partial charge is 0.132 e. The zero-order chi connectivity index (χ0) is 17.1. The average molecular weight is 320 g/mol. The largest absolute Gasteiger partial charge is 0.507 e. The fourth-order valence-corrected chi connectivity index (χ4v) is 6.01. The Bertz CT molecular complexity index is 779. The Morgan fingerprint density at radius 3 is 2.58 bits per heavy atom. The number of aryl methyl sites for hydroxylation is 1. The van der Waals surface area contributed by atoms with E-state index < -0.39 is 0 Å². The molecule has 3 aliphatic rings. The molecule has 2 nitrogen and oxygen atoms in total. The molecular formula is C22H24O2. The summed E-state index contributed by atoms with van der Waals surface area (Å²) in [5.74, 6) is 7.04. The van der Waals surface area contributed by atoms with Crippen LogP contribution >= 0.6 is 0 Å². The molecule has 0 saturated heterocycles. The predicted molar refractivity (Wildman–Crippen MR) is 94.6 cm³/mol. The highest BCUT2D eigenvalue weighted by atomic mass is 16.3. The van der Waals surface area contributed by atoms with Gasteiger partial charge in [0, 0.05) is 5.56 Å². The first-order valence-electron chi connectivity index (χ1n) is 9.01. The Hall–Kier alpha value is -1.90. The summed E-state index contributed by atoms with van der Waals surface area (Å²) in [6.07, 6.45) is 17.4. The maximum Gasteiger partial charge on any atom is 0.132 e. The molecule has 1 aromatic rings. The number of terminal acetylenes is 2. The van der Waals surface area contributed by atoms with Gasteiger partial charge in [0.25, 0.3) is 0 Å². The number of phenols is 1. The molecule has 2 heteroatoms. The van der Waals surface area contributed by atoms with Gasteiger partial charge in [0.1, 0.15) is 5.75 Å². The molecule has 2 saturated carbocycles. The monoisotopic (exact) mass is 320 g/mol. The van der Waals surface area contributed by atoms with E-state index in [1.165, 1.54) is 11.1 Å². The molecule has 0 unspecified atom stereocenters. The van der Waals surface area contributed by atoms with Gasteiger partial charge < -0.3 is 10.2 Å². The van der Waals surface area contributed by atoms with Crippen LogP contribution in [0.2, 0.25) is 0 Å². The molecule has 24 heavy (non-hydrogen) atoms. The van der Waals surface area contributed by atoms with Gasteiger partial charge in [-0.15, -0.1) is 12.8 Å². The topological polar surface area (TPSA) is 40.5 Å². The molecule has 2 fully saturated rings. The maximum atomic E-state index is 10.5. The molecule has 124 valence electrons. The van der Waals surface area contributed by atoms with Crippen molar-refractivity contribution in [1.82, 2.24) is 0 Å². The molecule has 0 aliphatic heterocycles. The first-order valence-corrected chi connectivity index (χ1v) is 9.01. The average Bonchev–Trinajstić information content (AvgIpc) is 2.88. The van der Waals surface area contributed by atoms with Crippen LogP contribution in [0.15, 0.2) is 6.07 Å². The van der Waals surface area contributed by atoms with Crippen molar-refractivity contribution in [2.45, 2.75) is 57.5 Å². The summed E-state index contributed by atoms with van der Waals surface area (Å²) in [7, 11) is 0. The van der Waals surface area contributed by atoms with E-state index in [2.05, 4.69) is 18.8 Å². The SMILES string of the molecule is C#Cc1c(O)cc2c(c1C#C)[C@H]1CC[C@]3(C)[C@@H](O)CC[C@H]3[C@@H]1CC2. The van der Waals surface area contributed by atoms with E-state index in [1.807, 2.05) is 6.07 Å². The lowest BCUT2D eigenvalue weighted by Crippen LogP contribution is -2.44. The summed E-state index contributed by atoms with van der Waals surface area (Å²) < 4.78 is 0. The second-order valence-corrected chi connectivity index (χ2v) is 8.06. The molecule has 1 aromatic carbocycles. The number of aliphatic hydroxyl groups excluding tert-OH is 1. The van der Waals surface area contributed by atoms with Crippen LogP contribution < -0.4 is 0 Å². The lowest BCUT2D eigenvalue weighted by atomic mass is 9.55. The van der Waals surface area contributed by atoms with Gasteiger partial charge in [-0.2, -0.15) is 0 Å². The quantitative estimate of drug-likeness (QED) is 0.718. The molecule has 0 heterocycles. The number of aliphatic hydroxyl groups is 1. The minimum absolute atomic E-state index is 0.0564. The molecule has 0 amide bonds. The number of fused-ring (bicyclic) bond motifs is 5.